The predicted molar refractivity (Wildman–Crippen MR) is 267 cm³/mol. The Hall–Kier alpha value is -2.43. The molecule has 0 radical (unpaired) electrons. The number of carbonyl (C=O) groups is 1. The number of carbonyl (C=O) groups excluding carboxylic acids is 1. The van der Waals surface area contributed by atoms with E-state index in [9.17, 15) is 15.0 Å². The second-order valence-electron chi connectivity index (χ2n) is 17.2. The maximum atomic E-state index is 12.4. The Morgan fingerprint density at radius 1 is 0.417 bits per heavy atom. The molecule has 0 saturated carbocycles. The highest BCUT2D eigenvalue weighted by atomic mass is 16.3. The van der Waals surface area contributed by atoms with Crippen LogP contribution in [-0.4, -0.2) is 34.9 Å². The smallest absolute Gasteiger partial charge is 0.220 e. The Labute approximate surface area is 373 Å². The van der Waals surface area contributed by atoms with Crippen LogP contribution in [0.2, 0.25) is 0 Å². The van der Waals surface area contributed by atoms with Crippen molar-refractivity contribution in [2.45, 2.75) is 257 Å². The maximum Gasteiger partial charge on any atom is 0.220 e. The third kappa shape index (κ3) is 46.6. The summed E-state index contributed by atoms with van der Waals surface area (Å²) in [7, 11) is 0. The number of nitrogens with one attached hydrogen (secondary N) is 1. The third-order valence-corrected chi connectivity index (χ3v) is 11.4. The summed E-state index contributed by atoms with van der Waals surface area (Å²) in [5, 5.41) is 23.2. The second-order valence-corrected chi connectivity index (χ2v) is 17.2. The molecule has 0 aliphatic carbocycles. The number of aliphatic hydroxyl groups excluding tert-OH is 2. The number of unbranched alkanes of at least 4 members (excludes halogenated alkanes) is 25. The van der Waals surface area contributed by atoms with Crippen LogP contribution in [0, 0.1) is 0 Å². The molecule has 0 aromatic carbocycles. The number of allylic oxidation sites excluding steroid dienone is 14. The summed E-state index contributed by atoms with van der Waals surface area (Å²) in [6, 6.07) is -0.538. The maximum absolute atomic E-state index is 12.4. The number of rotatable bonds is 46. The molecule has 0 bridgehead atoms. The van der Waals surface area contributed by atoms with Crippen LogP contribution >= 0.6 is 0 Å². The Bertz CT molecular complexity index is 1080. The van der Waals surface area contributed by atoms with Gasteiger partial charge in [0.25, 0.3) is 0 Å². The van der Waals surface area contributed by atoms with E-state index in [0.717, 1.165) is 70.6 Å². The van der Waals surface area contributed by atoms with Crippen molar-refractivity contribution in [3.63, 3.8) is 0 Å². The minimum Gasteiger partial charge on any atom is -0.394 e. The molecule has 4 heteroatoms. The zero-order valence-corrected chi connectivity index (χ0v) is 39.7. The first-order valence-corrected chi connectivity index (χ1v) is 25.8. The Morgan fingerprint density at radius 3 is 1.10 bits per heavy atom. The van der Waals surface area contributed by atoms with Crippen LogP contribution in [0.3, 0.4) is 0 Å². The van der Waals surface area contributed by atoms with Crippen molar-refractivity contribution in [2.24, 2.45) is 0 Å². The second kappa shape index (κ2) is 50.9. The van der Waals surface area contributed by atoms with E-state index >= 15 is 0 Å². The van der Waals surface area contributed by atoms with E-state index in [1.807, 2.05) is 0 Å². The van der Waals surface area contributed by atoms with E-state index in [0.29, 0.717) is 12.8 Å². The highest BCUT2D eigenvalue weighted by molar-refractivity contribution is 5.76. The molecule has 0 fully saturated rings. The van der Waals surface area contributed by atoms with E-state index in [-0.39, 0.29) is 12.5 Å². The van der Waals surface area contributed by atoms with Crippen LogP contribution < -0.4 is 5.32 Å². The lowest BCUT2D eigenvalue weighted by Gasteiger charge is -2.22. The molecule has 0 aromatic rings. The Kier molecular flexibility index (Phi) is 48.9. The molecule has 2 unspecified atom stereocenters. The summed E-state index contributed by atoms with van der Waals surface area (Å²) in [5.41, 5.74) is 0. The molecule has 346 valence electrons. The number of aliphatic hydroxyl groups is 2. The molecule has 2 atom stereocenters. The van der Waals surface area contributed by atoms with E-state index in [2.05, 4.69) is 104 Å². The lowest BCUT2D eigenvalue weighted by molar-refractivity contribution is -0.123. The number of amides is 1. The van der Waals surface area contributed by atoms with Crippen molar-refractivity contribution in [3.05, 3.63) is 85.1 Å². The van der Waals surface area contributed by atoms with Crippen LogP contribution in [0.25, 0.3) is 0 Å². The van der Waals surface area contributed by atoms with Gasteiger partial charge < -0.3 is 15.5 Å². The summed E-state index contributed by atoms with van der Waals surface area (Å²) < 4.78 is 0. The molecule has 4 nitrogen and oxygen atoms in total. The summed E-state index contributed by atoms with van der Waals surface area (Å²) in [6.07, 6.45) is 74.1. The normalized spacial score (nSPS) is 13.6. The lowest BCUT2D eigenvalue weighted by atomic mass is 10.0. The van der Waals surface area contributed by atoms with Gasteiger partial charge in [-0.2, -0.15) is 0 Å². The fourth-order valence-electron chi connectivity index (χ4n) is 7.52. The van der Waals surface area contributed by atoms with E-state index < -0.39 is 12.1 Å². The zero-order chi connectivity index (χ0) is 43.5. The predicted octanol–water partition coefficient (Wildman–Crippen LogP) is 16.8. The van der Waals surface area contributed by atoms with Crippen molar-refractivity contribution in [3.8, 4) is 0 Å². The van der Waals surface area contributed by atoms with E-state index in [1.54, 1.807) is 0 Å². The molecular formula is C56H99NO3. The fourth-order valence-corrected chi connectivity index (χ4v) is 7.52. The van der Waals surface area contributed by atoms with Crippen molar-refractivity contribution >= 4 is 5.91 Å². The molecule has 0 aromatic heterocycles. The van der Waals surface area contributed by atoms with Gasteiger partial charge in [-0.1, -0.05) is 253 Å². The molecule has 0 aliphatic rings. The molecule has 0 spiro atoms. The molecule has 0 aliphatic heterocycles. The van der Waals surface area contributed by atoms with Gasteiger partial charge >= 0.3 is 0 Å². The molecule has 0 saturated heterocycles. The highest BCUT2D eigenvalue weighted by Gasteiger charge is 2.20. The lowest BCUT2D eigenvalue weighted by Crippen LogP contribution is -2.45. The van der Waals surface area contributed by atoms with Crippen molar-refractivity contribution in [2.75, 3.05) is 6.61 Å². The van der Waals surface area contributed by atoms with Crippen molar-refractivity contribution in [1.82, 2.24) is 5.32 Å². The molecule has 0 rings (SSSR count). The van der Waals surface area contributed by atoms with Gasteiger partial charge in [-0.15, -0.1) is 0 Å². The molecule has 3 N–H and O–H groups in total. The average molecular weight is 834 g/mol. The summed E-state index contributed by atoms with van der Waals surface area (Å²) in [5.74, 6) is -0.0346. The van der Waals surface area contributed by atoms with Gasteiger partial charge in [0, 0.05) is 6.42 Å². The van der Waals surface area contributed by atoms with E-state index in [1.165, 1.54) is 148 Å². The SMILES string of the molecule is CC/C=C\C/C=C\C/C=C\C/C=C\C/C=C\C/C=C\C/C=C\CCCCCCCCCCCCCCCCCC(=O)NC(CO)C(O)CCCCCCCCCCCCC. The minimum absolute atomic E-state index is 0.0346. The topological polar surface area (TPSA) is 69.6 Å². The Morgan fingerprint density at radius 2 is 0.733 bits per heavy atom. The Balaban J connectivity index is 3.49. The first-order chi connectivity index (χ1) is 29.7. The van der Waals surface area contributed by atoms with Crippen LogP contribution in [0.4, 0.5) is 0 Å². The number of hydrogen-bond donors (Lipinski definition) is 3. The zero-order valence-electron chi connectivity index (χ0n) is 39.7. The first-order valence-electron chi connectivity index (χ1n) is 25.8. The highest BCUT2D eigenvalue weighted by Crippen LogP contribution is 2.16. The quantitative estimate of drug-likeness (QED) is 0.0423. The minimum atomic E-state index is -0.660. The average Bonchev–Trinajstić information content (AvgIpc) is 3.25. The van der Waals surface area contributed by atoms with Gasteiger partial charge in [0.2, 0.25) is 5.91 Å². The summed E-state index contributed by atoms with van der Waals surface area (Å²) in [6.45, 7) is 4.23. The largest absolute Gasteiger partial charge is 0.394 e. The van der Waals surface area contributed by atoms with Gasteiger partial charge in [0.05, 0.1) is 18.8 Å². The third-order valence-electron chi connectivity index (χ3n) is 11.4. The van der Waals surface area contributed by atoms with Gasteiger partial charge in [-0.25, -0.2) is 0 Å². The van der Waals surface area contributed by atoms with Crippen molar-refractivity contribution in [1.29, 1.82) is 0 Å². The van der Waals surface area contributed by atoms with Gasteiger partial charge in [-0.05, 0) is 70.6 Å². The van der Waals surface area contributed by atoms with Gasteiger partial charge in [0.1, 0.15) is 0 Å². The molecular weight excluding hydrogens is 735 g/mol. The number of hydrogen-bond acceptors (Lipinski definition) is 3. The molecule has 0 heterocycles. The first kappa shape index (κ1) is 57.6. The van der Waals surface area contributed by atoms with E-state index in [4.69, 9.17) is 0 Å². The summed E-state index contributed by atoms with van der Waals surface area (Å²) in [4.78, 5) is 12.4. The summed E-state index contributed by atoms with van der Waals surface area (Å²) >= 11 is 0. The molecule has 1 amide bonds. The molecule has 60 heavy (non-hydrogen) atoms. The van der Waals surface area contributed by atoms with Crippen LogP contribution in [0.15, 0.2) is 85.1 Å². The fraction of sp³-hybridized carbons (Fsp3) is 0.732. The van der Waals surface area contributed by atoms with Crippen LogP contribution in [-0.2, 0) is 4.79 Å². The monoisotopic (exact) mass is 834 g/mol. The van der Waals surface area contributed by atoms with Gasteiger partial charge in [0.15, 0.2) is 0 Å². The van der Waals surface area contributed by atoms with Crippen molar-refractivity contribution < 1.29 is 15.0 Å². The standard InChI is InChI=1S/C56H99NO3/c1-3-5-7-9-11-13-15-16-17-18-19-20-21-22-23-24-25-26-27-28-29-30-31-32-33-34-35-36-37-38-39-40-42-44-46-48-50-52-56(60)57-54(53-58)55(59)51-49-47-45-43-41-14-12-10-8-6-4-2/h5,7,11,13,16-17,19-20,22-23,25-26,28-29,54-55,58-59H,3-4,6,8-10,12,14-15,18,21,24,27,30-53H2,1-2H3,(H,57,60)/b7-5-,13-11-,17-16-,20-19-,23-22-,26-25-,29-28-. The van der Waals surface area contributed by atoms with Crippen LogP contribution in [0.1, 0.15) is 245 Å². The van der Waals surface area contributed by atoms with Crippen LogP contribution in [0.5, 0.6) is 0 Å². The van der Waals surface area contributed by atoms with Gasteiger partial charge in [-0.3, -0.25) is 4.79 Å².